The second-order valence-corrected chi connectivity index (χ2v) is 5.58. The highest BCUT2D eigenvalue weighted by molar-refractivity contribution is 5.46. The smallest absolute Gasteiger partial charge is 0.125 e. The second-order valence-electron chi connectivity index (χ2n) is 5.58. The average molecular weight is 224 g/mol. The number of benzene rings is 1. The Morgan fingerprint density at radius 2 is 1.94 bits per heavy atom. The number of rotatable bonds is 3. The molecule has 90 valence electrons. The number of nitrogens with two attached hydrogens (primary N) is 1. The van der Waals surface area contributed by atoms with E-state index in [-0.39, 0.29) is 11.2 Å². The van der Waals surface area contributed by atoms with Crippen molar-refractivity contribution in [3.63, 3.8) is 0 Å². The van der Waals surface area contributed by atoms with Crippen molar-refractivity contribution in [1.29, 1.82) is 0 Å². The lowest BCUT2D eigenvalue weighted by molar-refractivity contribution is 0.221. The summed E-state index contributed by atoms with van der Waals surface area (Å²) in [6.07, 6.45) is 0. The van der Waals surface area contributed by atoms with Gasteiger partial charge >= 0.3 is 0 Å². The zero-order chi connectivity index (χ0) is 12.3. The van der Waals surface area contributed by atoms with Gasteiger partial charge in [-0.1, -0.05) is 26.8 Å². The molecule has 0 aliphatic carbocycles. The van der Waals surface area contributed by atoms with E-state index in [1.165, 1.54) is 12.1 Å². The highest BCUT2D eigenvalue weighted by atomic mass is 19.1. The molecule has 0 bridgehead atoms. The van der Waals surface area contributed by atoms with Crippen molar-refractivity contribution in [1.82, 2.24) is 4.90 Å². The minimum atomic E-state index is -0.278. The van der Waals surface area contributed by atoms with Crippen LogP contribution in [-0.4, -0.2) is 18.5 Å². The predicted molar refractivity (Wildman–Crippen MR) is 66.6 cm³/mol. The fourth-order valence-corrected chi connectivity index (χ4v) is 1.87. The van der Waals surface area contributed by atoms with Crippen molar-refractivity contribution in [2.75, 3.05) is 19.3 Å². The van der Waals surface area contributed by atoms with Gasteiger partial charge in [0.1, 0.15) is 5.82 Å². The molecule has 16 heavy (non-hydrogen) atoms. The second kappa shape index (κ2) is 4.83. The molecule has 0 aliphatic rings. The van der Waals surface area contributed by atoms with Gasteiger partial charge in [-0.25, -0.2) is 4.39 Å². The molecule has 1 rings (SSSR count). The molecule has 0 unspecified atom stereocenters. The average Bonchev–Trinajstić information content (AvgIpc) is 2.06. The Morgan fingerprint density at radius 1 is 1.31 bits per heavy atom. The number of nitrogen functional groups attached to an aromatic ring is 1. The first-order chi connectivity index (χ1) is 7.28. The molecule has 0 saturated heterocycles. The summed E-state index contributed by atoms with van der Waals surface area (Å²) in [6.45, 7) is 8.31. The molecule has 1 aromatic carbocycles. The van der Waals surface area contributed by atoms with Gasteiger partial charge in [-0.05, 0) is 30.2 Å². The van der Waals surface area contributed by atoms with E-state index >= 15 is 0 Å². The molecular formula is C13H21FN2. The van der Waals surface area contributed by atoms with E-state index in [0.29, 0.717) is 5.69 Å². The summed E-state index contributed by atoms with van der Waals surface area (Å²) in [6, 6.07) is 4.58. The van der Waals surface area contributed by atoms with Gasteiger partial charge in [0.25, 0.3) is 0 Å². The van der Waals surface area contributed by atoms with Gasteiger partial charge in [0.05, 0.1) is 0 Å². The Balaban J connectivity index is 2.66. The van der Waals surface area contributed by atoms with Crippen LogP contribution in [0.5, 0.6) is 0 Å². The van der Waals surface area contributed by atoms with E-state index in [1.807, 2.05) is 7.05 Å². The molecule has 0 fully saturated rings. The lowest BCUT2D eigenvalue weighted by atomic mass is 9.96. The highest BCUT2D eigenvalue weighted by Crippen LogP contribution is 2.19. The molecule has 0 aliphatic heterocycles. The third kappa shape index (κ3) is 4.19. The third-order valence-corrected chi connectivity index (χ3v) is 2.29. The fourth-order valence-electron chi connectivity index (χ4n) is 1.87. The topological polar surface area (TPSA) is 29.3 Å². The van der Waals surface area contributed by atoms with E-state index in [0.717, 1.165) is 18.7 Å². The number of hydrogen-bond acceptors (Lipinski definition) is 2. The van der Waals surface area contributed by atoms with Crippen molar-refractivity contribution in [2.45, 2.75) is 27.3 Å². The molecule has 0 spiro atoms. The van der Waals surface area contributed by atoms with Gasteiger partial charge in [-0.2, -0.15) is 0 Å². The number of halogens is 1. The third-order valence-electron chi connectivity index (χ3n) is 2.29. The maximum Gasteiger partial charge on any atom is 0.125 e. The zero-order valence-electron chi connectivity index (χ0n) is 10.5. The molecule has 0 saturated carbocycles. The minimum absolute atomic E-state index is 0.254. The van der Waals surface area contributed by atoms with E-state index in [1.54, 1.807) is 6.07 Å². The molecule has 2 N–H and O–H groups in total. The Hall–Kier alpha value is -1.09. The first kappa shape index (κ1) is 13.0. The van der Waals surface area contributed by atoms with Crippen LogP contribution < -0.4 is 5.73 Å². The first-order valence-corrected chi connectivity index (χ1v) is 5.50. The van der Waals surface area contributed by atoms with Gasteiger partial charge in [0, 0.05) is 18.8 Å². The Morgan fingerprint density at radius 3 is 2.44 bits per heavy atom. The maximum absolute atomic E-state index is 12.9. The summed E-state index contributed by atoms with van der Waals surface area (Å²) in [4.78, 5) is 2.20. The van der Waals surface area contributed by atoms with Crippen LogP contribution in [-0.2, 0) is 6.54 Å². The van der Waals surface area contributed by atoms with E-state index in [2.05, 4.69) is 25.7 Å². The summed E-state index contributed by atoms with van der Waals surface area (Å²) in [5.74, 6) is -0.278. The van der Waals surface area contributed by atoms with Crippen molar-refractivity contribution >= 4 is 5.69 Å². The van der Waals surface area contributed by atoms with E-state index < -0.39 is 0 Å². The van der Waals surface area contributed by atoms with E-state index in [4.69, 9.17) is 5.73 Å². The van der Waals surface area contributed by atoms with Crippen molar-refractivity contribution in [2.24, 2.45) is 5.41 Å². The maximum atomic E-state index is 12.9. The summed E-state index contributed by atoms with van der Waals surface area (Å²) in [7, 11) is 2.05. The quantitative estimate of drug-likeness (QED) is 0.800. The molecular weight excluding hydrogens is 203 g/mol. The van der Waals surface area contributed by atoms with Crippen LogP contribution >= 0.6 is 0 Å². The monoisotopic (exact) mass is 224 g/mol. The number of hydrogen-bond donors (Lipinski definition) is 1. The van der Waals surface area contributed by atoms with Crippen LogP contribution in [0.15, 0.2) is 18.2 Å². The summed E-state index contributed by atoms with van der Waals surface area (Å²) in [5.41, 5.74) is 7.53. The normalized spacial score (nSPS) is 12.1. The number of nitrogens with zero attached hydrogens (tertiary/aromatic N) is 1. The van der Waals surface area contributed by atoms with Crippen LogP contribution in [0.2, 0.25) is 0 Å². The zero-order valence-corrected chi connectivity index (χ0v) is 10.5. The molecule has 1 aromatic rings. The van der Waals surface area contributed by atoms with Gasteiger partial charge in [0.15, 0.2) is 0 Å². The standard InChI is InChI=1S/C13H21FN2/c1-13(2,3)9-16(4)8-10-5-6-11(14)7-12(10)15/h5-7H,8-9,15H2,1-4H3. The van der Waals surface area contributed by atoms with Crippen LogP contribution in [0.25, 0.3) is 0 Å². The Bertz CT molecular complexity index is 355. The largest absolute Gasteiger partial charge is 0.398 e. The van der Waals surface area contributed by atoms with Crippen LogP contribution in [0.3, 0.4) is 0 Å². The summed E-state index contributed by atoms with van der Waals surface area (Å²) >= 11 is 0. The van der Waals surface area contributed by atoms with E-state index in [9.17, 15) is 4.39 Å². The lowest BCUT2D eigenvalue weighted by Crippen LogP contribution is -2.29. The predicted octanol–water partition coefficient (Wildman–Crippen LogP) is 2.89. The molecule has 2 nitrogen and oxygen atoms in total. The first-order valence-electron chi connectivity index (χ1n) is 5.50. The Kier molecular flexibility index (Phi) is 3.92. The molecule has 0 heterocycles. The number of anilines is 1. The SMILES string of the molecule is CN(Cc1ccc(F)cc1N)CC(C)(C)C. The van der Waals surface area contributed by atoms with Crippen LogP contribution in [0.1, 0.15) is 26.3 Å². The lowest BCUT2D eigenvalue weighted by Gasteiger charge is -2.26. The molecule has 0 radical (unpaired) electrons. The Labute approximate surface area is 97.3 Å². The molecule has 0 amide bonds. The van der Waals surface area contributed by atoms with Crippen LogP contribution in [0.4, 0.5) is 10.1 Å². The van der Waals surface area contributed by atoms with Gasteiger partial charge in [-0.3, -0.25) is 0 Å². The van der Waals surface area contributed by atoms with Crippen LogP contribution in [0, 0.1) is 11.2 Å². The minimum Gasteiger partial charge on any atom is -0.398 e. The van der Waals surface area contributed by atoms with Crippen molar-refractivity contribution in [3.8, 4) is 0 Å². The van der Waals surface area contributed by atoms with Gasteiger partial charge < -0.3 is 10.6 Å². The highest BCUT2D eigenvalue weighted by Gasteiger charge is 2.14. The summed E-state index contributed by atoms with van der Waals surface area (Å²) in [5, 5.41) is 0. The molecule has 0 aromatic heterocycles. The van der Waals surface area contributed by atoms with Gasteiger partial charge in [-0.15, -0.1) is 0 Å². The van der Waals surface area contributed by atoms with Crippen molar-refractivity contribution < 1.29 is 4.39 Å². The van der Waals surface area contributed by atoms with Crippen molar-refractivity contribution in [3.05, 3.63) is 29.6 Å². The summed E-state index contributed by atoms with van der Waals surface area (Å²) < 4.78 is 12.9. The molecule has 0 atom stereocenters. The fraction of sp³-hybridized carbons (Fsp3) is 0.538. The molecule has 3 heteroatoms. The van der Waals surface area contributed by atoms with Gasteiger partial charge in [0.2, 0.25) is 0 Å².